The van der Waals surface area contributed by atoms with E-state index in [9.17, 15) is 9.90 Å². The lowest BCUT2D eigenvalue weighted by Crippen LogP contribution is -3.08. The van der Waals surface area contributed by atoms with Crippen LogP contribution in [0.3, 0.4) is 0 Å². The van der Waals surface area contributed by atoms with Gasteiger partial charge in [0.1, 0.15) is 22.9 Å². The molecule has 8 heteroatoms. The number of thiophene rings is 1. The molecule has 0 aliphatic carbocycles. The number of phenolic OH excluding ortho intramolecular Hbond substituents is 1. The van der Waals surface area contributed by atoms with Crippen molar-refractivity contribution in [1.29, 1.82) is 0 Å². The van der Waals surface area contributed by atoms with Crippen LogP contribution in [0, 0.1) is 0 Å². The van der Waals surface area contributed by atoms with Gasteiger partial charge in [0.05, 0.1) is 30.6 Å². The Morgan fingerprint density at radius 2 is 2.28 bits per heavy atom. The maximum Gasteiger partial charge on any atom is 0.341 e. The SMILES string of the molecule is COC(=O)c1c(/N=C/c2cc(Br)cc(Cl)c2O)sc2c1CC[NH+](C)C2. The quantitative estimate of drug-likeness (QED) is 0.565. The van der Waals surface area contributed by atoms with Gasteiger partial charge in [-0.3, -0.25) is 0 Å². The molecule has 0 radical (unpaired) electrons. The summed E-state index contributed by atoms with van der Waals surface area (Å²) in [6.45, 7) is 1.84. The summed E-state index contributed by atoms with van der Waals surface area (Å²) in [6, 6.07) is 3.32. The van der Waals surface area contributed by atoms with E-state index in [1.165, 1.54) is 29.6 Å². The largest absolute Gasteiger partial charge is 0.506 e. The molecule has 3 rings (SSSR count). The van der Waals surface area contributed by atoms with Gasteiger partial charge in [0.15, 0.2) is 0 Å². The molecule has 25 heavy (non-hydrogen) atoms. The van der Waals surface area contributed by atoms with Crippen LogP contribution in [0.1, 0.15) is 26.4 Å². The summed E-state index contributed by atoms with van der Waals surface area (Å²) < 4.78 is 5.69. The highest BCUT2D eigenvalue weighted by Crippen LogP contribution is 2.38. The smallest absolute Gasteiger partial charge is 0.341 e. The van der Waals surface area contributed by atoms with E-state index in [0.717, 1.165) is 34.4 Å². The van der Waals surface area contributed by atoms with Gasteiger partial charge in [-0.15, -0.1) is 11.3 Å². The minimum absolute atomic E-state index is 0.0428. The van der Waals surface area contributed by atoms with Crippen LogP contribution in [0.4, 0.5) is 5.00 Å². The summed E-state index contributed by atoms with van der Waals surface area (Å²) in [6.07, 6.45) is 2.35. The molecule has 5 nitrogen and oxygen atoms in total. The van der Waals surface area contributed by atoms with Crippen LogP contribution in [0.5, 0.6) is 5.75 Å². The summed E-state index contributed by atoms with van der Waals surface area (Å²) in [5, 5.41) is 10.9. The van der Waals surface area contributed by atoms with Crippen LogP contribution >= 0.6 is 38.9 Å². The average molecular weight is 445 g/mol. The summed E-state index contributed by atoms with van der Waals surface area (Å²) in [7, 11) is 3.50. The van der Waals surface area contributed by atoms with Gasteiger partial charge in [0.25, 0.3) is 0 Å². The van der Waals surface area contributed by atoms with Crippen molar-refractivity contribution in [3.05, 3.63) is 43.2 Å². The molecule has 1 unspecified atom stereocenters. The molecule has 1 aromatic carbocycles. The van der Waals surface area contributed by atoms with Crippen LogP contribution in [-0.2, 0) is 17.7 Å². The second kappa shape index (κ2) is 7.45. The lowest BCUT2D eigenvalue weighted by atomic mass is 10.0. The molecule has 0 saturated carbocycles. The number of aliphatic imine (C=N–C) groups is 1. The number of ether oxygens (including phenoxy) is 1. The second-order valence-corrected chi connectivity index (χ2v) is 8.30. The maximum absolute atomic E-state index is 12.3. The Morgan fingerprint density at radius 1 is 1.52 bits per heavy atom. The first-order chi connectivity index (χ1) is 11.9. The number of quaternary nitrogens is 1. The van der Waals surface area contributed by atoms with E-state index in [-0.39, 0.29) is 16.7 Å². The number of fused-ring (bicyclic) bond motifs is 1. The number of phenols is 1. The molecule has 0 spiro atoms. The number of rotatable bonds is 3. The van der Waals surface area contributed by atoms with Gasteiger partial charge in [-0.05, 0) is 17.7 Å². The normalized spacial score (nSPS) is 16.9. The van der Waals surface area contributed by atoms with Crippen LogP contribution in [0.25, 0.3) is 0 Å². The van der Waals surface area contributed by atoms with Crippen molar-refractivity contribution in [3.63, 3.8) is 0 Å². The van der Waals surface area contributed by atoms with Gasteiger partial charge in [-0.1, -0.05) is 27.5 Å². The second-order valence-electron chi connectivity index (χ2n) is 5.89. The summed E-state index contributed by atoms with van der Waals surface area (Å²) in [5.74, 6) is -0.417. The zero-order valence-corrected chi connectivity index (χ0v) is 16.9. The number of nitrogens with one attached hydrogen (secondary N) is 1. The third kappa shape index (κ3) is 3.74. The van der Waals surface area contributed by atoms with E-state index in [2.05, 4.69) is 28.0 Å². The number of aromatic hydroxyl groups is 1. The Morgan fingerprint density at radius 3 is 3.00 bits per heavy atom. The van der Waals surface area contributed by atoms with Gasteiger partial charge < -0.3 is 14.7 Å². The Bertz CT molecular complexity index is 866. The van der Waals surface area contributed by atoms with Crippen molar-refractivity contribution in [2.45, 2.75) is 13.0 Å². The molecule has 0 fully saturated rings. The fourth-order valence-corrected chi connectivity index (χ4v) is 4.95. The predicted molar refractivity (Wildman–Crippen MR) is 103 cm³/mol. The molecule has 1 aliphatic rings. The van der Waals surface area contributed by atoms with E-state index in [0.29, 0.717) is 16.1 Å². The third-order valence-electron chi connectivity index (χ3n) is 4.10. The summed E-state index contributed by atoms with van der Waals surface area (Å²) in [4.78, 5) is 19.3. The summed E-state index contributed by atoms with van der Waals surface area (Å²) in [5.41, 5.74) is 2.04. The first-order valence-electron chi connectivity index (χ1n) is 7.67. The highest BCUT2D eigenvalue weighted by Gasteiger charge is 2.29. The van der Waals surface area contributed by atoms with Crippen LogP contribution in [-0.4, -0.2) is 38.0 Å². The van der Waals surface area contributed by atoms with Crippen molar-refractivity contribution in [2.24, 2.45) is 4.99 Å². The van der Waals surface area contributed by atoms with Crippen molar-refractivity contribution in [3.8, 4) is 5.75 Å². The molecule has 0 amide bonds. The molecular formula is C17H17BrClN2O3S+. The number of likely N-dealkylation sites (N-methyl/N-ethyl adjacent to an activating group) is 1. The number of hydrogen-bond acceptors (Lipinski definition) is 5. The van der Waals surface area contributed by atoms with Gasteiger partial charge in [-0.2, -0.15) is 0 Å². The Balaban J connectivity index is 2.04. The number of carbonyl (C=O) groups excluding carboxylic acids is 1. The molecular weight excluding hydrogens is 428 g/mol. The minimum atomic E-state index is -0.374. The lowest BCUT2D eigenvalue weighted by Gasteiger charge is -2.19. The Kier molecular flexibility index (Phi) is 5.48. The van der Waals surface area contributed by atoms with Crippen LogP contribution in [0.15, 0.2) is 21.6 Å². The van der Waals surface area contributed by atoms with Gasteiger partial charge in [-0.25, -0.2) is 9.79 Å². The third-order valence-corrected chi connectivity index (χ3v) is 5.99. The van der Waals surface area contributed by atoms with E-state index in [1.807, 2.05) is 0 Å². The zero-order valence-electron chi connectivity index (χ0n) is 13.7. The first kappa shape index (κ1) is 18.4. The molecule has 132 valence electrons. The first-order valence-corrected chi connectivity index (χ1v) is 9.65. The van der Waals surface area contributed by atoms with Crippen molar-refractivity contribution in [2.75, 3.05) is 20.7 Å². The Hall–Kier alpha value is -1.41. The van der Waals surface area contributed by atoms with Crippen LogP contribution in [0.2, 0.25) is 5.02 Å². The van der Waals surface area contributed by atoms with Crippen molar-refractivity contribution < 1.29 is 19.5 Å². The van der Waals surface area contributed by atoms with E-state index >= 15 is 0 Å². The van der Waals surface area contributed by atoms with E-state index in [1.54, 1.807) is 12.1 Å². The fraction of sp³-hybridized carbons (Fsp3) is 0.294. The molecule has 2 heterocycles. The number of halogens is 2. The van der Waals surface area contributed by atoms with Gasteiger partial charge in [0.2, 0.25) is 0 Å². The molecule has 2 aromatic rings. The zero-order chi connectivity index (χ0) is 18.1. The van der Waals surface area contributed by atoms with Gasteiger partial charge >= 0.3 is 5.97 Å². The van der Waals surface area contributed by atoms with Gasteiger partial charge in [0, 0.05) is 22.7 Å². The topological polar surface area (TPSA) is 63.3 Å². The number of nitrogens with zero attached hydrogens (tertiary/aromatic N) is 1. The lowest BCUT2D eigenvalue weighted by molar-refractivity contribution is -0.895. The fourth-order valence-electron chi connectivity index (χ4n) is 2.82. The molecule has 0 bridgehead atoms. The molecule has 0 saturated heterocycles. The van der Waals surface area contributed by atoms with Crippen molar-refractivity contribution >= 4 is 56.1 Å². The number of carbonyl (C=O) groups is 1. The standard InChI is InChI=1S/C17H16BrClN2O3S/c1-21-4-3-11-13(8-21)25-16(14(11)17(23)24-2)20-7-9-5-10(18)6-12(19)15(9)22/h5-7,22H,3-4,8H2,1-2H3/p+1/b20-7+. The Labute approximate surface area is 163 Å². The number of hydrogen-bond donors (Lipinski definition) is 2. The van der Waals surface area contributed by atoms with E-state index in [4.69, 9.17) is 16.3 Å². The summed E-state index contributed by atoms with van der Waals surface area (Å²) >= 11 is 10.8. The molecule has 1 aromatic heterocycles. The maximum atomic E-state index is 12.3. The number of methoxy groups -OCH3 is 1. The van der Waals surface area contributed by atoms with Crippen LogP contribution < -0.4 is 4.90 Å². The number of benzene rings is 1. The molecule has 1 aliphatic heterocycles. The monoisotopic (exact) mass is 443 g/mol. The van der Waals surface area contributed by atoms with Crippen molar-refractivity contribution in [1.82, 2.24) is 0 Å². The average Bonchev–Trinajstić information content (AvgIpc) is 2.93. The highest BCUT2D eigenvalue weighted by atomic mass is 79.9. The molecule has 1 atom stereocenters. The predicted octanol–water partition coefficient (Wildman–Crippen LogP) is 2.98. The highest BCUT2D eigenvalue weighted by molar-refractivity contribution is 9.10. The minimum Gasteiger partial charge on any atom is -0.506 e. The van der Waals surface area contributed by atoms with E-state index < -0.39 is 0 Å². The molecule has 2 N–H and O–H groups in total. The number of esters is 1.